The van der Waals surface area contributed by atoms with Crippen LogP contribution in [0.3, 0.4) is 0 Å². The highest BCUT2D eigenvalue weighted by Crippen LogP contribution is 2.34. The monoisotopic (exact) mass is 273 g/mol. The fourth-order valence-corrected chi connectivity index (χ4v) is 2.15. The molecule has 0 aromatic heterocycles. The molecule has 0 saturated heterocycles. The van der Waals surface area contributed by atoms with Crippen molar-refractivity contribution in [3.8, 4) is 0 Å². The van der Waals surface area contributed by atoms with Crippen molar-refractivity contribution in [3.05, 3.63) is 29.8 Å². The number of rotatable bonds is 2. The lowest BCUT2D eigenvalue weighted by Gasteiger charge is -2.23. The van der Waals surface area contributed by atoms with Gasteiger partial charge in [-0.25, -0.2) is 4.79 Å². The Bertz CT molecular complexity index is 527. The van der Waals surface area contributed by atoms with Crippen molar-refractivity contribution in [1.82, 2.24) is 0 Å². The van der Waals surface area contributed by atoms with E-state index in [4.69, 9.17) is 5.11 Å². The third-order valence-corrected chi connectivity index (χ3v) is 2.88. The molecule has 1 N–H and O–H groups in total. The molecule has 0 fully saturated rings. The molecule has 1 aromatic rings. The first-order valence-electron chi connectivity index (χ1n) is 5.49. The minimum absolute atomic E-state index is 0.0229. The molecule has 1 heterocycles. The van der Waals surface area contributed by atoms with Crippen LogP contribution in [0.2, 0.25) is 0 Å². The molecule has 19 heavy (non-hydrogen) atoms. The van der Waals surface area contributed by atoms with Gasteiger partial charge in [-0.2, -0.15) is 13.2 Å². The van der Waals surface area contributed by atoms with Crippen LogP contribution in [-0.4, -0.2) is 29.2 Å². The SMILES string of the molecule is O=C(O)[C@@H]1Cc2ccccc2N1C(=O)CC(F)(F)F. The molecule has 0 radical (unpaired) electrons. The fourth-order valence-electron chi connectivity index (χ4n) is 2.15. The highest BCUT2D eigenvalue weighted by Gasteiger charge is 2.42. The van der Waals surface area contributed by atoms with Crippen LogP contribution >= 0.6 is 0 Å². The Morgan fingerprint density at radius 1 is 1.32 bits per heavy atom. The normalized spacial score (nSPS) is 18.3. The van der Waals surface area contributed by atoms with E-state index in [9.17, 15) is 22.8 Å². The van der Waals surface area contributed by atoms with E-state index in [1.165, 1.54) is 6.07 Å². The predicted molar refractivity (Wildman–Crippen MR) is 59.7 cm³/mol. The maximum atomic E-state index is 12.3. The molecule has 0 saturated carbocycles. The number of carboxylic acids is 1. The third kappa shape index (κ3) is 2.69. The summed E-state index contributed by atoms with van der Waals surface area (Å²) in [6, 6.07) is 4.98. The summed E-state index contributed by atoms with van der Waals surface area (Å²) in [5.41, 5.74) is 0.801. The van der Waals surface area contributed by atoms with Gasteiger partial charge in [0.25, 0.3) is 0 Å². The van der Waals surface area contributed by atoms with Crippen LogP contribution < -0.4 is 4.90 Å². The second kappa shape index (κ2) is 4.56. The van der Waals surface area contributed by atoms with Gasteiger partial charge in [-0.15, -0.1) is 0 Å². The summed E-state index contributed by atoms with van der Waals surface area (Å²) in [6.45, 7) is 0. The quantitative estimate of drug-likeness (QED) is 0.896. The van der Waals surface area contributed by atoms with Gasteiger partial charge in [0.15, 0.2) is 0 Å². The number of amides is 1. The van der Waals surface area contributed by atoms with Crippen molar-refractivity contribution < 1.29 is 27.9 Å². The highest BCUT2D eigenvalue weighted by molar-refractivity contribution is 6.02. The molecule has 4 nitrogen and oxygen atoms in total. The Labute approximate surface area is 106 Å². The average Bonchev–Trinajstić information content (AvgIpc) is 2.65. The maximum Gasteiger partial charge on any atom is 0.397 e. The van der Waals surface area contributed by atoms with E-state index in [2.05, 4.69) is 0 Å². The number of benzene rings is 1. The van der Waals surface area contributed by atoms with Gasteiger partial charge in [-0.3, -0.25) is 9.69 Å². The molecule has 1 aromatic carbocycles. The molecule has 1 atom stereocenters. The van der Waals surface area contributed by atoms with Gasteiger partial charge < -0.3 is 5.11 Å². The second-order valence-electron chi connectivity index (χ2n) is 4.24. The van der Waals surface area contributed by atoms with Gasteiger partial charge in [0.05, 0.1) is 0 Å². The summed E-state index contributed by atoms with van der Waals surface area (Å²) >= 11 is 0. The number of halogens is 3. The summed E-state index contributed by atoms with van der Waals surface area (Å²) in [6.07, 6.45) is -6.29. The number of carbonyl (C=O) groups is 2. The predicted octanol–water partition coefficient (Wildman–Crippen LogP) is 1.98. The van der Waals surface area contributed by atoms with Gasteiger partial charge in [0.2, 0.25) is 5.91 Å². The molecule has 7 heteroatoms. The first-order chi connectivity index (χ1) is 8.79. The van der Waals surface area contributed by atoms with Gasteiger partial charge in [0.1, 0.15) is 12.5 Å². The standard InChI is InChI=1S/C12H10F3NO3/c13-12(14,15)6-10(17)16-8-4-2-1-3-7(8)5-9(16)11(18)19/h1-4,9H,5-6H2,(H,18,19)/t9-/m0/s1. The Morgan fingerprint density at radius 2 is 1.95 bits per heavy atom. The Kier molecular flexibility index (Phi) is 3.21. The Morgan fingerprint density at radius 3 is 2.53 bits per heavy atom. The number of anilines is 1. The molecule has 1 aliphatic rings. The highest BCUT2D eigenvalue weighted by atomic mass is 19.4. The number of aliphatic carboxylic acids is 1. The zero-order valence-corrected chi connectivity index (χ0v) is 9.65. The van der Waals surface area contributed by atoms with Gasteiger partial charge in [-0.1, -0.05) is 18.2 Å². The van der Waals surface area contributed by atoms with E-state index in [0.717, 1.165) is 4.90 Å². The molecule has 102 valence electrons. The van der Waals surface area contributed by atoms with Gasteiger partial charge >= 0.3 is 12.1 Å². The Balaban J connectivity index is 2.34. The minimum Gasteiger partial charge on any atom is -0.480 e. The van der Waals surface area contributed by atoms with Crippen molar-refractivity contribution in [2.45, 2.75) is 25.1 Å². The molecular weight excluding hydrogens is 263 g/mol. The lowest BCUT2D eigenvalue weighted by Crippen LogP contribution is -2.44. The zero-order chi connectivity index (χ0) is 14.2. The van der Waals surface area contributed by atoms with E-state index >= 15 is 0 Å². The van der Waals surface area contributed by atoms with Crippen LogP contribution in [0.5, 0.6) is 0 Å². The van der Waals surface area contributed by atoms with Gasteiger partial charge in [-0.05, 0) is 11.6 Å². The van der Waals surface area contributed by atoms with E-state index in [0.29, 0.717) is 5.56 Å². The number of carboxylic acid groups (broad SMARTS) is 1. The van der Waals surface area contributed by atoms with E-state index < -0.39 is 30.5 Å². The summed E-state index contributed by atoms with van der Waals surface area (Å²) in [5, 5.41) is 9.03. The van der Waals surface area contributed by atoms with Crippen molar-refractivity contribution in [3.63, 3.8) is 0 Å². The zero-order valence-electron chi connectivity index (χ0n) is 9.65. The summed E-state index contributed by atoms with van der Waals surface area (Å²) in [4.78, 5) is 23.5. The lowest BCUT2D eigenvalue weighted by molar-refractivity contribution is -0.154. The third-order valence-electron chi connectivity index (χ3n) is 2.88. The fraction of sp³-hybridized carbons (Fsp3) is 0.333. The number of alkyl halides is 3. The smallest absolute Gasteiger partial charge is 0.397 e. The second-order valence-corrected chi connectivity index (χ2v) is 4.24. The molecule has 1 amide bonds. The first-order valence-corrected chi connectivity index (χ1v) is 5.49. The van der Waals surface area contributed by atoms with E-state index in [-0.39, 0.29) is 12.1 Å². The van der Waals surface area contributed by atoms with Crippen molar-refractivity contribution in [2.75, 3.05) is 4.90 Å². The molecule has 0 aliphatic carbocycles. The van der Waals surface area contributed by atoms with Crippen molar-refractivity contribution in [1.29, 1.82) is 0 Å². The molecule has 0 bridgehead atoms. The number of para-hydroxylation sites is 1. The Hall–Kier alpha value is -2.05. The minimum atomic E-state index is -4.66. The van der Waals surface area contributed by atoms with Crippen LogP contribution in [-0.2, 0) is 16.0 Å². The van der Waals surface area contributed by atoms with Crippen LogP contribution in [0.25, 0.3) is 0 Å². The van der Waals surface area contributed by atoms with Crippen molar-refractivity contribution in [2.24, 2.45) is 0 Å². The maximum absolute atomic E-state index is 12.3. The number of nitrogens with zero attached hydrogens (tertiary/aromatic N) is 1. The van der Waals surface area contributed by atoms with Crippen LogP contribution in [0.4, 0.5) is 18.9 Å². The molecule has 0 unspecified atom stereocenters. The van der Waals surface area contributed by atoms with E-state index in [1.54, 1.807) is 18.2 Å². The first kappa shape index (κ1) is 13.4. The topological polar surface area (TPSA) is 57.6 Å². The summed E-state index contributed by atoms with van der Waals surface area (Å²) < 4.78 is 36.8. The number of hydrogen-bond donors (Lipinski definition) is 1. The number of fused-ring (bicyclic) bond motifs is 1. The summed E-state index contributed by atoms with van der Waals surface area (Å²) in [5.74, 6) is -2.56. The van der Waals surface area contributed by atoms with Crippen LogP contribution in [0.1, 0.15) is 12.0 Å². The molecule has 1 aliphatic heterocycles. The van der Waals surface area contributed by atoms with Crippen LogP contribution in [0, 0.1) is 0 Å². The molecule has 2 rings (SSSR count). The van der Waals surface area contributed by atoms with Gasteiger partial charge in [0, 0.05) is 12.1 Å². The van der Waals surface area contributed by atoms with E-state index in [1.807, 2.05) is 0 Å². The van der Waals surface area contributed by atoms with Crippen molar-refractivity contribution >= 4 is 17.6 Å². The lowest BCUT2D eigenvalue weighted by atomic mass is 10.1. The number of hydrogen-bond acceptors (Lipinski definition) is 2. The molecular formula is C12H10F3NO3. The van der Waals surface area contributed by atoms with Crippen LogP contribution in [0.15, 0.2) is 24.3 Å². The largest absolute Gasteiger partial charge is 0.480 e. The molecule has 0 spiro atoms. The average molecular weight is 273 g/mol. The number of carbonyl (C=O) groups excluding carboxylic acids is 1. The summed E-state index contributed by atoms with van der Waals surface area (Å²) in [7, 11) is 0.